The predicted molar refractivity (Wildman–Crippen MR) is 93.9 cm³/mol. The minimum Gasteiger partial charge on any atom is -0.371 e. The second-order valence-electron chi connectivity index (χ2n) is 6.43. The molecule has 0 aliphatic carbocycles. The lowest BCUT2D eigenvalue weighted by Crippen LogP contribution is -2.48. The maximum absolute atomic E-state index is 12.6. The quantitative estimate of drug-likeness (QED) is 0.849. The summed E-state index contributed by atoms with van der Waals surface area (Å²) in [6, 6.07) is 10.8. The van der Waals surface area contributed by atoms with Crippen LogP contribution in [0.2, 0.25) is 0 Å². The van der Waals surface area contributed by atoms with Gasteiger partial charge in [0.05, 0.1) is 0 Å². The summed E-state index contributed by atoms with van der Waals surface area (Å²) in [6.45, 7) is 1.47. The average Bonchev–Trinajstić information content (AvgIpc) is 2.63. The minimum atomic E-state index is -0.0326. The molecule has 2 amide bonds. The first-order valence-electron chi connectivity index (χ1n) is 8.47. The Hall–Kier alpha value is -2.37. The van der Waals surface area contributed by atoms with Gasteiger partial charge >= 0.3 is 0 Å². The fraction of sp³-hybridized carbons (Fsp3) is 0.500. The molecule has 0 unspecified atom stereocenters. The number of hydrazone groups is 1. The largest absolute Gasteiger partial charge is 0.371 e. The highest BCUT2D eigenvalue weighted by Crippen LogP contribution is 2.22. The average molecular weight is 328 g/mol. The van der Waals surface area contributed by atoms with Crippen molar-refractivity contribution in [3.8, 4) is 0 Å². The Labute approximate surface area is 142 Å². The van der Waals surface area contributed by atoms with Crippen LogP contribution in [-0.2, 0) is 9.59 Å². The highest BCUT2D eigenvalue weighted by molar-refractivity contribution is 6.39. The summed E-state index contributed by atoms with van der Waals surface area (Å²) in [5.74, 6) is -0.0510. The van der Waals surface area contributed by atoms with Gasteiger partial charge in [0, 0.05) is 51.8 Å². The van der Waals surface area contributed by atoms with Crippen molar-refractivity contribution in [2.45, 2.75) is 31.7 Å². The first-order valence-corrected chi connectivity index (χ1v) is 8.47. The van der Waals surface area contributed by atoms with E-state index in [1.54, 1.807) is 7.05 Å². The molecule has 0 N–H and O–H groups in total. The number of nitrogens with zero attached hydrogens (tertiary/aromatic N) is 4. The van der Waals surface area contributed by atoms with Gasteiger partial charge in [-0.15, -0.1) is 0 Å². The Morgan fingerprint density at radius 1 is 1.17 bits per heavy atom. The van der Waals surface area contributed by atoms with Crippen molar-refractivity contribution in [2.75, 3.05) is 32.1 Å². The smallest absolute Gasteiger partial charge is 0.270 e. The van der Waals surface area contributed by atoms with Gasteiger partial charge in [-0.3, -0.25) is 9.59 Å². The zero-order valence-corrected chi connectivity index (χ0v) is 14.3. The third-order valence-electron chi connectivity index (χ3n) is 4.92. The summed E-state index contributed by atoms with van der Waals surface area (Å²) < 4.78 is 0. The molecular formula is C18H24N4O2. The molecule has 128 valence electrons. The SMILES string of the molecule is CN1N=C(C(=O)N2CCC(N(C)c3ccccc3)CC2)CCC1=O. The molecule has 2 aliphatic heterocycles. The number of benzene rings is 1. The van der Waals surface area contributed by atoms with E-state index < -0.39 is 0 Å². The third-order valence-corrected chi connectivity index (χ3v) is 4.92. The fourth-order valence-corrected chi connectivity index (χ4v) is 3.34. The van der Waals surface area contributed by atoms with Gasteiger partial charge in [0.25, 0.3) is 5.91 Å². The number of carbonyl (C=O) groups is 2. The van der Waals surface area contributed by atoms with Crippen LogP contribution in [0.5, 0.6) is 0 Å². The molecule has 0 atom stereocenters. The molecule has 1 aromatic rings. The zero-order valence-electron chi connectivity index (χ0n) is 14.3. The van der Waals surface area contributed by atoms with Gasteiger partial charge in [-0.25, -0.2) is 5.01 Å². The van der Waals surface area contributed by atoms with Crippen molar-refractivity contribution in [1.29, 1.82) is 0 Å². The van der Waals surface area contributed by atoms with Crippen LogP contribution in [0, 0.1) is 0 Å². The molecule has 6 nitrogen and oxygen atoms in total. The first-order chi connectivity index (χ1) is 11.6. The summed E-state index contributed by atoms with van der Waals surface area (Å²) in [5.41, 5.74) is 1.71. The molecule has 6 heteroatoms. The van der Waals surface area contributed by atoms with Crippen LogP contribution >= 0.6 is 0 Å². The number of rotatable bonds is 3. The molecule has 2 heterocycles. The number of hydrogen-bond donors (Lipinski definition) is 0. The molecule has 0 aromatic heterocycles. The van der Waals surface area contributed by atoms with E-state index in [9.17, 15) is 9.59 Å². The molecular weight excluding hydrogens is 304 g/mol. The number of para-hydroxylation sites is 1. The maximum Gasteiger partial charge on any atom is 0.270 e. The van der Waals surface area contributed by atoms with Crippen LogP contribution in [0.3, 0.4) is 0 Å². The molecule has 0 bridgehead atoms. The molecule has 3 rings (SSSR count). The first kappa shape index (κ1) is 16.5. The predicted octanol–water partition coefficient (Wildman–Crippen LogP) is 1.72. The number of hydrogen-bond acceptors (Lipinski definition) is 4. The molecule has 1 fully saturated rings. The number of anilines is 1. The van der Waals surface area contributed by atoms with Crippen LogP contribution in [0.25, 0.3) is 0 Å². The van der Waals surface area contributed by atoms with Gasteiger partial charge in [0.15, 0.2) is 0 Å². The molecule has 24 heavy (non-hydrogen) atoms. The molecule has 0 saturated carbocycles. The maximum atomic E-state index is 12.6. The topological polar surface area (TPSA) is 56.2 Å². The van der Waals surface area contributed by atoms with Gasteiger partial charge in [-0.2, -0.15) is 5.10 Å². The van der Waals surface area contributed by atoms with Crippen molar-refractivity contribution in [3.63, 3.8) is 0 Å². The van der Waals surface area contributed by atoms with Crippen molar-refractivity contribution in [3.05, 3.63) is 30.3 Å². The van der Waals surface area contributed by atoms with E-state index in [2.05, 4.69) is 29.2 Å². The Bertz CT molecular complexity index is 636. The standard InChI is InChI=1S/C18H24N4O2/c1-20(14-6-4-3-5-7-14)15-10-12-22(13-11-15)18(24)16-8-9-17(23)21(2)19-16/h3-7,15H,8-13H2,1-2H3. The Kier molecular flexibility index (Phi) is 4.83. The monoisotopic (exact) mass is 328 g/mol. The van der Waals surface area contributed by atoms with Crippen LogP contribution in [0.1, 0.15) is 25.7 Å². The van der Waals surface area contributed by atoms with Crippen molar-refractivity contribution in [2.24, 2.45) is 5.10 Å². The Balaban J connectivity index is 1.58. The summed E-state index contributed by atoms with van der Waals surface area (Å²) in [6.07, 6.45) is 2.71. The Morgan fingerprint density at radius 2 is 1.83 bits per heavy atom. The lowest BCUT2D eigenvalue weighted by atomic mass is 10.0. The van der Waals surface area contributed by atoms with E-state index in [-0.39, 0.29) is 11.8 Å². The summed E-state index contributed by atoms with van der Waals surface area (Å²) in [5, 5.41) is 5.42. The van der Waals surface area contributed by atoms with E-state index in [0.717, 1.165) is 25.9 Å². The summed E-state index contributed by atoms with van der Waals surface area (Å²) in [4.78, 5) is 28.2. The molecule has 0 spiro atoms. The summed E-state index contributed by atoms with van der Waals surface area (Å²) >= 11 is 0. The van der Waals surface area contributed by atoms with E-state index in [1.807, 2.05) is 23.1 Å². The third kappa shape index (κ3) is 3.42. The number of likely N-dealkylation sites (tertiary alicyclic amines) is 1. The van der Waals surface area contributed by atoms with Crippen LogP contribution < -0.4 is 4.90 Å². The van der Waals surface area contributed by atoms with Gasteiger partial charge < -0.3 is 9.80 Å². The highest BCUT2D eigenvalue weighted by Gasteiger charge is 2.30. The number of carbonyl (C=O) groups excluding carboxylic acids is 2. The highest BCUT2D eigenvalue weighted by atomic mass is 16.2. The minimum absolute atomic E-state index is 0.0184. The van der Waals surface area contributed by atoms with Gasteiger partial charge in [0.1, 0.15) is 5.71 Å². The van der Waals surface area contributed by atoms with Gasteiger partial charge in [0.2, 0.25) is 5.91 Å². The van der Waals surface area contributed by atoms with E-state index in [0.29, 0.717) is 24.6 Å². The lowest BCUT2D eigenvalue weighted by Gasteiger charge is -2.38. The zero-order chi connectivity index (χ0) is 17.1. The lowest BCUT2D eigenvalue weighted by molar-refractivity contribution is -0.130. The molecule has 1 saturated heterocycles. The van der Waals surface area contributed by atoms with E-state index in [1.165, 1.54) is 10.7 Å². The van der Waals surface area contributed by atoms with E-state index in [4.69, 9.17) is 0 Å². The molecule has 1 aromatic carbocycles. The van der Waals surface area contributed by atoms with Crippen molar-refractivity contribution < 1.29 is 9.59 Å². The normalized spacial score (nSPS) is 19.2. The van der Waals surface area contributed by atoms with Crippen LogP contribution in [0.4, 0.5) is 5.69 Å². The summed E-state index contributed by atoms with van der Waals surface area (Å²) in [7, 11) is 3.72. The second-order valence-corrected chi connectivity index (χ2v) is 6.43. The van der Waals surface area contributed by atoms with Crippen molar-refractivity contribution >= 4 is 23.2 Å². The molecule has 2 aliphatic rings. The fourth-order valence-electron chi connectivity index (χ4n) is 3.34. The second kappa shape index (κ2) is 7.03. The van der Waals surface area contributed by atoms with Crippen LogP contribution in [-0.4, -0.2) is 60.7 Å². The van der Waals surface area contributed by atoms with Crippen molar-refractivity contribution in [1.82, 2.24) is 9.91 Å². The van der Waals surface area contributed by atoms with Gasteiger partial charge in [-0.05, 0) is 25.0 Å². The van der Waals surface area contributed by atoms with Crippen LogP contribution in [0.15, 0.2) is 35.4 Å². The Morgan fingerprint density at radius 3 is 2.46 bits per heavy atom. The van der Waals surface area contributed by atoms with E-state index >= 15 is 0 Å². The molecule has 0 radical (unpaired) electrons. The number of amides is 2. The van der Waals surface area contributed by atoms with Gasteiger partial charge in [-0.1, -0.05) is 18.2 Å². The number of piperidine rings is 1.